The summed E-state index contributed by atoms with van der Waals surface area (Å²) in [6.07, 6.45) is 0.873. The normalized spacial score (nSPS) is 19.1. The first-order valence-corrected chi connectivity index (χ1v) is 10.9. The Labute approximate surface area is 183 Å². The molecule has 0 amide bonds. The molecule has 0 saturated carbocycles. The predicted molar refractivity (Wildman–Crippen MR) is 120 cm³/mol. The molecule has 1 heterocycles. The van der Waals surface area contributed by atoms with E-state index in [9.17, 15) is 19.8 Å². The van der Waals surface area contributed by atoms with E-state index < -0.39 is 24.1 Å². The molecule has 3 atom stereocenters. The molecular weight excluding hydrogens is 392 g/mol. The van der Waals surface area contributed by atoms with Gasteiger partial charge in [-0.3, -0.25) is 19.8 Å². The molecular formula is C25H32N2O4. The minimum atomic E-state index is -0.947. The molecule has 3 rings (SSSR count). The highest BCUT2D eigenvalue weighted by Gasteiger charge is 2.38. The molecule has 31 heavy (non-hydrogen) atoms. The van der Waals surface area contributed by atoms with Gasteiger partial charge in [0.25, 0.3) is 0 Å². The fourth-order valence-electron chi connectivity index (χ4n) is 4.72. The third kappa shape index (κ3) is 4.81. The summed E-state index contributed by atoms with van der Waals surface area (Å²) in [5.41, 5.74) is 4.70. The highest BCUT2D eigenvalue weighted by atomic mass is 16.4. The van der Waals surface area contributed by atoms with Gasteiger partial charge >= 0.3 is 5.97 Å². The maximum atomic E-state index is 13.9. The number of nitrogens with one attached hydrogen (secondary N) is 1. The lowest BCUT2D eigenvalue weighted by Gasteiger charge is -2.36. The number of carboxylic acids is 1. The minimum Gasteiger partial charge on any atom is -0.508 e. The van der Waals surface area contributed by atoms with Crippen LogP contribution in [-0.2, 0) is 22.4 Å². The molecule has 0 bridgehead atoms. The van der Waals surface area contributed by atoms with Gasteiger partial charge in [-0.15, -0.1) is 0 Å². The number of carboxylic acid groups (broad SMARTS) is 1. The first-order valence-electron chi connectivity index (χ1n) is 10.9. The summed E-state index contributed by atoms with van der Waals surface area (Å²) >= 11 is 0. The second-order valence-corrected chi connectivity index (χ2v) is 8.30. The van der Waals surface area contributed by atoms with Crippen molar-refractivity contribution in [2.45, 2.75) is 58.7 Å². The summed E-state index contributed by atoms with van der Waals surface area (Å²) in [5, 5.41) is 22.6. The molecule has 2 aromatic carbocycles. The van der Waals surface area contributed by atoms with E-state index >= 15 is 0 Å². The van der Waals surface area contributed by atoms with Crippen LogP contribution in [0.25, 0.3) is 0 Å². The number of phenolic OH excluding ortho intramolecular Hbond substituents is 1. The fraction of sp³-hybridized carbons (Fsp3) is 0.440. The molecule has 0 spiro atoms. The Balaban J connectivity index is 2.02. The Morgan fingerprint density at radius 2 is 1.74 bits per heavy atom. The van der Waals surface area contributed by atoms with Crippen molar-refractivity contribution in [2.24, 2.45) is 0 Å². The van der Waals surface area contributed by atoms with Gasteiger partial charge in [0.15, 0.2) is 5.78 Å². The zero-order valence-electron chi connectivity index (χ0n) is 18.7. The molecule has 3 N–H and O–H groups in total. The molecule has 0 radical (unpaired) electrons. The SMILES string of the molecule is CCN(CC)[C@@H](Cc1c(C)cc(O)cc1C)C(=O)C1NC(C(=O)O)Cc2ccccc21. The number of rotatable bonds is 8. The smallest absolute Gasteiger partial charge is 0.321 e. The maximum Gasteiger partial charge on any atom is 0.321 e. The van der Waals surface area contributed by atoms with Crippen molar-refractivity contribution in [2.75, 3.05) is 13.1 Å². The summed E-state index contributed by atoms with van der Waals surface area (Å²) in [7, 11) is 0. The average Bonchev–Trinajstić information content (AvgIpc) is 2.74. The molecule has 0 aromatic heterocycles. The Morgan fingerprint density at radius 1 is 1.13 bits per heavy atom. The Bertz CT molecular complexity index is 945. The summed E-state index contributed by atoms with van der Waals surface area (Å²) in [6.45, 7) is 9.37. The van der Waals surface area contributed by atoms with Crippen LogP contribution in [0.5, 0.6) is 5.75 Å². The van der Waals surface area contributed by atoms with Crippen LogP contribution in [-0.4, -0.2) is 52.0 Å². The van der Waals surface area contributed by atoms with Crippen molar-refractivity contribution in [3.8, 4) is 5.75 Å². The number of nitrogens with zero attached hydrogens (tertiary/aromatic N) is 1. The van der Waals surface area contributed by atoms with Crippen LogP contribution < -0.4 is 5.32 Å². The lowest BCUT2D eigenvalue weighted by Crippen LogP contribution is -2.53. The standard InChI is InChI=1S/C25H32N2O4/c1-5-27(6-2)22(14-20-15(3)11-18(28)12-16(20)4)24(29)23-19-10-8-7-9-17(19)13-21(26-23)25(30)31/h7-12,21-23,26,28H,5-6,13-14H2,1-4H3,(H,30,31)/t21?,22-,23?/m0/s1. The second-order valence-electron chi connectivity index (χ2n) is 8.30. The number of ketones is 1. The molecule has 0 aliphatic carbocycles. The zero-order valence-corrected chi connectivity index (χ0v) is 18.7. The number of phenols is 1. The third-order valence-electron chi connectivity index (χ3n) is 6.40. The van der Waals surface area contributed by atoms with Gasteiger partial charge in [-0.1, -0.05) is 38.1 Å². The van der Waals surface area contributed by atoms with Crippen LogP contribution in [0.2, 0.25) is 0 Å². The second kappa shape index (κ2) is 9.62. The van der Waals surface area contributed by atoms with Crippen LogP contribution in [0.1, 0.15) is 47.7 Å². The molecule has 0 fully saturated rings. The molecule has 6 nitrogen and oxygen atoms in total. The van der Waals surface area contributed by atoms with Crippen molar-refractivity contribution in [1.29, 1.82) is 0 Å². The van der Waals surface area contributed by atoms with E-state index in [1.807, 2.05) is 52.0 Å². The molecule has 6 heteroatoms. The van der Waals surface area contributed by atoms with E-state index in [0.717, 1.165) is 27.8 Å². The van der Waals surface area contributed by atoms with E-state index in [-0.39, 0.29) is 11.5 Å². The number of fused-ring (bicyclic) bond motifs is 1. The zero-order chi connectivity index (χ0) is 22.7. The third-order valence-corrected chi connectivity index (χ3v) is 6.40. The minimum absolute atomic E-state index is 0.0195. The largest absolute Gasteiger partial charge is 0.508 e. The Hall–Kier alpha value is -2.70. The lowest BCUT2D eigenvalue weighted by molar-refractivity contribution is -0.140. The fourth-order valence-corrected chi connectivity index (χ4v) is 4.72. The topological polar surface area (TPSA) is 89.9 Å². The quantitative estimate of drug-likeness (QED) is 0.603. The van der Waals surface area contributed by atoms with Gasteiger partial charge in [-0.25, -0.2) is 0 Å². The number of carbonyl (C=O) groups is 2. The summed E-state index contributed by atoms with van der Waals surface area (Å²) < 4.78 is 0. The maximum absolute atomic E-state index is 13.9. The van der Waals surface area contributed by atoms with E-state index in [2.05, 4.69) is 10.2 Å². The van der Waals surface area contributed by atoms with E-state index in [1.54, 1.807) is 12.1 Å². The number of hydrogen-bond donors (Lipinski definition) is 3. The number of likely N-dealkylation sites (N-methyl/N-ethyl adjacent to an activating group) is 1. The van der Waals surface area contributed by atoms with Crippen LogP contribution in [0.15, 0.2) is 36.4 Å². The van der Waals surface area contributed by atoms with Gasteiger partial charge in [-0.2, -0.15) is 0 Å². The molecule has 1 aliphatic heterocycles. The predicted octanol–water partition coefficient (Wildman–Crippen LogP) is 3.17. The molecule has 2 aromatic rings. The Kier molecular flexibility index (Phi) is 7.13. The van der Waals surface area contributed by atoms with Crippen molar-refractivity contribution < 1.29 is 19.8 Å². The van der Waals surface area contributed by atoms with Crippen LogP contribution in [0, 0.1) is 13.8 Å². The lowest BCUT2D eigenvalue weighted by atomic mass is 9.84. The van der Waals surface area contributed by atoms with Gasteiger partial charge in [0.2, 0.25) is 0 Å². The number of aromatic hydroxyl groups is 1. The summed E-state index contributed by atoms with van der Waals surface area (Å²) in [4.78, 5) is 27.8. The molecule has 2 unspecified atom stereocenters. The van der Waals surface area contributed by atoms with Gasteiger partial charge < -0.3 is 10.2 Å². The monoisotopic (exact) mass is 424 g/mol. The van der Waals surface area contributed by atoms with Crippen LogP contribution in [0.3, 0.4) is 0 Å². The highest BCUT2D eigenvalue weighted by Crippen LogP contribution is 2.30. The summed E-state index contributed by atoms with van der Waals surface area (Å²) in [5.74, 6) is -0.748. The van der Waals surface area contributed by atoms with Gasteiger partial charge in [0.05, 0.1) is 12.1 Å². The van der Waals surface area contributed by atoms with Crippen LogP contribution in [0.4, 0.5) is 0 Å². The van der Waals surface area contributed by atoms with Crippen LogP contribution >= 0.6 is 0 Å². The van der Waals surface area contributed by atoms with Gasteiger partial charge in [0.1, 0.15) is 11.8 Å². The number of carbonyl (C=O) groups excluding carboxylic acids is 1. The highest BCUT2D eigenvalue weighted by molar-refractivity contribution is 5.92. The number of hydrogen-bond acceptors (Lipinski definition) is 5. The number of aliphatic carboxylic acids is 1. The van der Waals surface area contributed by atoms with Crippen molar-refractivity contribution in [1.82, 2.24) is 10.2 Å². The van der Waals surface area contributed by atoms with Crippen molar-refractivity contribution >= 4 is 11.8 Å². The van der Waals surface area contributed by atoms with Gasteiger partial charge in [0, 0.05) is 0 Å². The molecule has 0 saturated heterocycles. The van der Waals surface area contributed by atoms with Crippen molar-refractivity contribution in [3.05, 3.63) is 64.2 Å². The van der Waals surface area contributed by atoms with Gasteiger partial charge in [-0.05, 0) is 79.7 Å². The average molecular weight is 425 g/mol. The number of Topliss-reactive ketones (excluding diaryl/α,β-unsaturated/α-hetero) is 1. The number of benzene rings is 2. The van der Waals surface area contributed by atoms with E-state index in [0.29, 0.717) is 25.9 Å². The first-order chi connectivity index (χ1) is 14.8. The molecule has 166 valence electrons. The first kappa shape index (κ1) is 23.0. The van der Waals surface area contributed by atoms with E-state index in [4.69, 9.17) is 0 Å². The van der Waals surface area contributed by atoms with E-state index in [1.165, 1.54) is 0 Å². The number of aryl methyl sites for hydroxylation is 2. The summed E-state index contributed by atoms with van der Waals surface area (Å²) in [6, 6.07) is 9.18. The Morgan fingerprint density at radius 3 is 2.32 bits per heavy atom. The van der Waals surface area contributed by atoms with Crippen molar-refractivity contribution in [3.63, 3.8) is 0 Å². The molecule has 1 aliphatic rings.